The third kappa shape index (κ3) is 6.42. The topological polar surface area (TPSA) is 56.8 Å². The van der Waals surface area contributed by atoms with Crippen LogP contribution in [0.2, 0.25) is 0 Å². The molecule has 0 aliphatic heterocycles. The number of hydrogen-bond donors (Lipinski definition) is 1. The number of carbonyl (C=O) groups excluding carboxylic acids is 1. The number of anilines is 1. The predicted octanol–water partition coefficient (Wildman–Crippen LogP) is 6.98. The molecule has 0 aliphatic rings. The third-order valence-corrected chi connectivity index (χ3v) is 5.40. The van der Waals surface area contributed by atoms with Crippen molar-refractivity contribution in [2.24, 2.45) is 0 Å². The van der Waals surface area contributed by atoms with E-state index in [1.807, 2.05) is 92.7 Å². The van der Waals surface area contributed by atoms with Gasteiger partial charge in [0.15, 0.2) is 0 Å². The smallest absolute Gasteiger partial charge is 0.255 e. The highest BCUT2D eigenvalue weighted by Gasteiger charge is 2.12. The molecule has 0 heterocycles. The minimum Gasteiger partial charge on any atom is -0.494 e. The van der Waals surface area contributed by atoms with Gasteiger partial charge in [-0.3, -0.25) is 4.79 Å². The molecule has 1 amide bonds. The standard InChI is InChI=1S/C30H29NO4/c1-3-33-27-17-13-26(14-18-27)31-30(32)24-12-19-29(34-4-2)25(20-24)21-35-28-15-10-23(11-16-28)22-8-6-5-7-9-22/h5-20H,3-4,21H2,1-2H3,(H,31,32). The lowest BCUT2D eigenvalue weighted by Crippen LogP contribution is -2.13. The Bertz CT molecular complexity index is 1240. The molecule has 4 aromatic carbocycles. The average Bonchev–Trinajstić information content (AvgIpc) is 2.90. The van der Waals surface area contributed by atoms with E-state index in [2.05, 4.69) is 17.4 Å². The fourth-order valence-corrected chi connectivity index (χ4v) is 3.67. The first-order valence-electron chi connectivity index (χ1n) is 11.7. The van der Waals surface area contributed by atoms with Crippen LogP contribution in [0.15, 0.2) is 97.1 Å². The zero-order valence-electron chi connectivity index (χ0n) is 20.0. The van der Waals surface area contributed by atoms with E-state index in [0.29, 0.717) is 30.2 Å². The number of amides is 1. The molecule has 0 atom stereocenters. The number of nitrogens with one attached hydrogen (secondary N) is 1. The highest BCUT2D eigenvalue weighted by Crippen LogP contribution is 2.26. The number of carbonyl (C=O) groups is 1. The molecule has 5 nitrogen and oxygen atoms in total. The summed E-state index contributed by atoms with van der Waals surface area (Å²) in [6, 6.07) is 30.9. The first-order valence-corrected chi connectivity index (χ1v) is 11.7. The van der Waals surface area contributed by atoms with E-state index >= 15 is 0 Å². The molecule has 0 unspecified atom stereocenters. The maximum atomic E-state index is 12.9. The van der Waals surface area contributed by atoms with Crippen LogP contribution in [0.4, 0.5) is 5.69 Å². The number of rotatable bonds is 10. The predicted molar refractivity (Wildman–Crippen MR) is 139 cm³/mol. The van der Waals surface area contributed by atoms with Crippen LogP contribution in [-0.2, 0) is 6.61 Å². The minimum absolute atomic E-state index is 0.203. The van der Waals surface area contributed by atoms with E-state index in [0.717, 1.165) is 28.2 Å². The van der Waals surface area contributed by atoms with E-state index in [9.17, 15) is 4.79 Å². The summed E-state index contributed by atoms with van der Waals surface area (Å²) in [7, 11) is 0. The molecule has 0 saturated heterocycles. The van der Waals surface area contributed by atoms with Gasteiger partial charge in [-0.25, -0.2) is 0 Å². The average molecular weight is 468 g/mol. The highest BCUT2D eigenvalue weighted by molar-refractivity contribution is 6.04. The highest BCUT2D eigenvalue weighted by atomic mass is 16.5. The van der Waals surface area contributed by atoms with Crippen molar-refractivity contribution in [3.05, 3.63) is 108 Å². The Morgan fingerprint density at radius 3 is 2.00 bits per heavy atom. The summed E-state index contributed by atoms with van der Waals surface area (Å²) in [5.41, 5.74) is 4.31. The molecule has 0 bridgehead atoms. The Kier molecular flexibility index (Phi) is 8.02. The first kappa shape index (κ1) is 23.9. The van der Waals surface area contributed by atoms with Crippen molar-refractivity contribution in [3.8, 4) is 28.4 Å². The molecule has 0 radical (unpaired) electrons. The summed E-state index contributed by atoms with van der Waals surface area (Å²) in [5.74, 6) is 2.01. The van der Waals surface area contributed by atoms with Crippen molar-refractivity contribution in [2.75, 3.05) is 18.5 Å². The Labute approximate surface area is 206 Å². The SMILES string of the molecule is CCOc1ccc(NC(=O)c2ccc(OCC)c(COc3ccc(-c4ccccc4)cc3)c2)cc1. The van der Waals surface area contributed by atoms with Gasteiger partial charge in [0.05, 0.1) is 13.2 Å². The van der Waals surface area contributed by atoms with Crippen molar-refractivity contribution >= 4 is 11.6 Å². The Hall–Kier alpha value is -4.25. The van der Waals surface area contributed by atoms with E-state index in [-0.39, 0.29) is 12.5 Å². The number of hydrogen-bond acceptors (Lipinski definition) is 4. The van der Waals surface area contributed by atoms with E-state index in [4.69, 9.17) is 14.2 Å². The minimum atomic E-state index is -0.203. The Morgan fingerprint density at radius 2 is 1.31 bits per heavy atom. The molecule has 0 fully saturated rings. The van der Waals surface area contributed by atoms with Gasteiger partial charge in [0.25, 0.3) is 5.91 Å². The van der Waals surface area contributed by atoms with Crippen LogP contribution < -0.4 is 19.5 Å². The molecule has 5 heteroatoms. The fourth-order valence-electron chi connectivity index (χ4n) is 3.67. The Balaban J connectivity index is 1.45. The zero-order chi connectivity index (χ0) is 24.5. The van der Waals surface area contributed by atoms with Gasteiger partial charge in [-0.1, -0.05) is 42.5 Å². The van der Waals surface area contributed by atoms with Crippen LogP contribution in [0.5, 0.6) is 17.2 Å². The van der Waals surface area contributed by atoms with Gasteiger partial charge >= 0.3 is 0 Å². The Morgan fingerprint density at radius 1 is 0.686 bits per heavy atom. The van der Waals surface area contributed by atoms with E-state index in [1.165, 1.54) is 0 Å². The summed E-state index contributed by atoms with van der Waals surface area (Å²) in [4.78, 5) is 12.9. The van der Waals surface area contributed by atoms with Crippen LogP contribution in [0, 0.1) is 0 Å². The van der Waals surface area contributed by atoms with Crippen LogP contribution in [0.3, 0.4) is 0 Å². The molecule has 1 N–H and O–H groups in total. The van der Waals surface area contributed by atoms with Crippen LogP contribution in [-0.4, -0.2) is 19.1 Å². The van der Waals surface area contributed by atoms with Crippen LogP contribution in [0.25, 0.3) is 11.1 Å². The van der Waals surface area contributed by atoms with Crippen molar-refractivity contribution in [2.45, 2.75) is 20.5 Å². The van der Waals surface area contributed by atoms with Gasteiger partial charge in [0.1, 0.15) is 23.9 Å². The second-order valence-electron chi connectivity index (χ2n) is 7.85. The summed E-state index contributed by atoms with van der Waals surface area (Å²) < 4.78 is 17.3. The molecule has 0 saturated carbocycles. The zero-order valence-corrected chi connectivity index (χ0v) is 20.0. The summed E-state index contributed by atoms with van der Waals surface area (Å²) in [6.07, 6.45) is 0. The van der Waals surface area contributed by atoms with Crippen molar-refractivity contribution in [3.63, 3.8) is 0 Å². The largest absolute Gasteiger partial charge is 0.494 e. The first-order chi connectivity index (χ1) is 17.2. The van der Waals surface area contributed by atoms with Gasteiger partial charge in [-0.05, 0) is 79.6 Å². The van der Waals surface area contributed by atoms with Crippen molar-refractivity contribution < 1.29 is 19.0 Å². The lowest BCUT2D eigenvalue weighted by molar-refractivity contribution is 0.102. The summed E-state index contributed by atoms with van der Waals surface area (Å²) >= 11 is 0. The van der Waals surface area contributed by atoms with Crippen LogP contribution >= 0.6 is 0 Å². The molecular formula is C30H29NO4. The fraction of sp³-hybridized carbons (Fsp3) is 0.167. The van der Waals surface area contributed by atoms with Crippen molar-refractivity contribution in [1.82, 2.24) is 0 Å². The second kappa shape index (κ2) is 11.7. The second-order valence-corrected chi connectivity index (χ2v) is 7.85. The molecule has 4 rings (SSSR count). The molecule has 178 valence electrons. The van der Waals surface area contributed by atoms with Gasteiger partial charge in [-0.2, -0.15) is 0 Å². The number of ether oxygens (including phenoxy) is 3. The van der Waals surface area contributed by atoms with Gasteiger partial charge < -0.3 is 19.5 Å². The normalized spacial score (nSPS) is 10.5. The molecule has 4 aromatic rings. The van der Waals surface area contributed by atoms with Gasteiger partial charge in [0.2, 0.25) is 0 Å². The molecule has 35 heavy (non-hydrogen) atoms. The monoisotopic (exact) mass is 467 g/mol. The quantitative estimate of drug-likeness (QED) is 0.273. The summed E-state index contributed by atoms with van der Waals surface area (Å²) in [5, 5.41) is 2.93. The van der Waals surface area contributed by atoms with E-state index in [1.54, 1.807) is 6.07 Å². The summed E-state index contributed by atoms with van der Waals surface area (Å²) in [6.45, 7) is 5.27. The third-order valence-electron chi connectivity index (χ3n) is 5.40. The van der Waals surface area contributed by atoms with Crippen molar-refractivity contribution in [1.29, 1.82) is 0 Å². The van der Waals surface area contributed by atoms with Crippen LogP contribution in [0.1, 0.15) is 29.8 Å². The lowest BCUT2D eigenvalue weighted by Gasteiger charge is -2.14. The maximum Gasteiger partial charge on any atom is 0.255 e. The molecule has 0 aromatic heterocycles. The molecule has 0 spiro atoms. The lowest BCUT2D eigenvalue weighted by atomic mass is 10.1. The molecular weight excluding hydrogens is 438 g/mol. The van der Waals surface area contributed by atoms with Gasteiger partial charge in [0, 0.05) is 16.8 Å². The van der Waals surface area contributed by atoms with Gasteiger partial charge in [-0.15, -0.1) is 0 Å². The van der Waals surface area contributed by atoms with E-state index < -0.39 is 0 Å². The number of benzene rings is 4. The molecule has 0 aliphatic carbocycles. The maximum absolute atomic E-state index is 12.9.